The van der Waals surface area contributed by atoms with Crippen LogP contribution in [0.4, 0.5) is 0 Å². The van der Waals surface area contributed by atoms with E-state index in [1.807, 2.05) is 44.2 Å². The Morgan fingerprint density at radius 3 is 2.52 bits per heavy atom. The number of carbonyl (C=O) groups excluding carboxylic acids is 1. The molecule has 1 aliphatic heterocycles. The van der Waals surface area contributed by atoms with E-state index in [9.17, 15) is 4.79 Å². The molecular formula is C23H30N2O2. The van der Waals surface area contributed by atoms with Crippen LogP contribution in [0, 0.1) is 5.41 Å². The summed E-state index contributed by atoms with van der Waals surface area (Å²) in [5, 5.41) is 3.11. The average Bonchev–Trinajstić information content (AvgIpc) is 2.59. The summed E-state index contributed by atoms with van der Waals surface area (Å²) in [6, 6.07) is 18.3. The first-order chi connectivity index (χ1) is 12.9. The van der Waals surface area contributed by atoms with Gasteiger partial charge in [-0.1, -0.05) is 49.4 Å². The maximum absolute atomic E-state index is 12.3. The Labute approximate surface area is 162 Å². The Bertz CT molecular complexity index is 752. The highest BCUT2D eigenvalue weighted by atomic mass is 16.5. The van der Waals surface area contributed by atoms with E-state index in [0.717, 1.165) is 37.5 Å². The predicted molar refractivity (Wildman–Crippen MR) is 109 cm³/mol. The molecule has 0 atom stereocenters. The van der Waals surface area contributed by atoms with Gasteiger partial charge in [-0.25, -0.2) is 0 Å². The van der Waals surface area contributed by atoms with Crippen LogP contribution >= 0.6 is 0 Å². The van der Waals surface area contributed by atoms with Gasteiger partial charge in [0.2, 0.25) is 5.91 Å². The van der Waals surface area contributed by atoms with E-state index >= 15 is 0 Å². The molecule has 4 heteroatoms. The van der Waals surface area contributed by atoms with Crippen molar-refractivity contribution in [2.45, 2.75) is 39.8 Å². The van der Waals surface area contributed by atoms with Crippen LogP contribution in [-0.4, -0.2) is 36.5 Å². The summed E-state index contributed by atoms with van der Waals surface area (Å²) in [4.78, 5) is 14.8. The molecule has 1 N–H and O–H groups in total. The molecule has 0 aliphatic carbocycles. The van der Waals surface area contributed by atoms with Crippen LogP contribution in [0.25, 0.3) is 0 Å². The number of ether oxygens (including phenoxy) is 1. The summed E-state index contributed by atoms with van der Waals surface area (Å²) in [6.45, 7) is 9.97. The van der Waals surface area contributed by atoms with E-state index in [1.165, 1.54) is 5.56 Å². The zero-order valence-electron chi connectivity index (χ0n) is 16.6. The van der Waals surface area contributed by atoms with Gasteiger partial charge in [-0.2, -0.15) is 0 Å². The first kappa shape index (κ1) is 19.4. The molecule has 1 heterocycles. The molecule has 2 aromatic rings. The Balaban J connectivity index is 1.42. The average molecular weight is 367 g/mol. The van der Waals surface area contributed by atoms with Crippen molar-refractivity contribution in [1.29, 1.82) is 0 Å². The Kier molecular flexibility index (Phi) is 6.17. The minimum Gasteiger partial charge on any atom is -0.491 e. The molecule has 1 fully saturated rings. The number of carbonyl (C=O) groups is 1. The number of likely N-dealkylation sites (tertiary alicyclic amines) is 1. The zero-order valence-corrected chi connectivity index (χ0v) is 16.6. The fraction of sp³-hybridized carbons (Fsp3) is 0.435. The molecule has 4 nitrogen and oxygen atoms in total. The Hall–Kier alpha value is -2.33. The highest BCUT2D eigenvalue weighted by molar-refractivity contribution is 5.78. The predicted octanol–water partition coefficient (Wildman–Crippen LogP) is 3.65. The summed E-state index contributed by atoms with van der Waals surface area (Å²) < 4.78 is 5.70. The molecule has 0 unspecified atom stereocenters. The maximum atomic E-state index is 12.3. The van der Waals surface area contributed by atoms with Gasteiger partial charge >= 0.3 is 0 Å². The first-order valence-electron chi connectivity index (χ1n) is 9.70. The summed E-state index contributed by atoms with van der Waals surface area (Å²) in [5.41, 5.74) is 2.48. The highest BCUT2D eigenvalue weighted by Crippen LogP contribution is 2.30. The van der Waals surface area contributed by atoms with Gasteiger partial charge in [-0.15, -0.1) is 0 Å². The van der Waals surface area contributed by atoms with Crippen LogP contribution < -0.4 is 10.1 Å². The third-order valence-corrected chi connectivity index (χ3v) is 4.81. The number of nitrogens with one attached hydrogen (secondary N) is 1. The first-order valence-corrected chi connectivity index (χ1v) is 9.70. The fourth-order valence-electron chi connectivity index (χ4n) is 3.66. The monoisotopic (exact) mass is 366 g/mol. The van der Waals surface area contributed by atoms with Gasteiger partial charge in [0, 0.05) is 31.6 Å². The van der Waals surface area contributed by atoms with Gasteiger partial charge in [0.05, 0.1) is 12.5 Å². The van der Waals surface area contributed by atoms with Crippen LogP contribution in [0.2, 0.25) is 0 Å². The van der Waals surface area contributed by atoms with Gasteiger partial charge in [-0.05, 0) is 37.1 Å². The molecule has 0 radical (unpaired) electrons. The molecule has 1 saturated heterocycles. The molecule has 0 aromatic heterocycles. The summed E-state index contributed by atoms with van der Waals surface area (Å²) in [6.07, 6.45) is 0.519. The lowest BCUT2D eigenvalue weighted by Gasteiger charge is -2.48. The van der Waals surface area contributed by atoms with Crippen molar-refractivity contribution in [3.8, 4) is 5.75 Å². The molecule has 0 saturated carbocycles. The van der Waals surface area contributed by atoms with E-state index in [2.05, 4.69) is 41.4 Å². The van der Waals surface area contributed by atoms with Crippen molar-refractivity contribution in [2.75, 3.05) is 19.6 Å². The van der Waals surface area contributed by atoms with Gasteiger partial charge in [0.25, 0.3) is 0 Å². The number of benzene rings is 2. The van der Waals surface area contributed by atoms with Crippen molar-refractivity contribution >= 4 is 5.91 Å². The number of hydrogen-bond acceptors (Lipinski definition) is 3. The number of rotatable bonds is 8. The molecule has 1 amide bonds. The van der Waals surface area contributed by atoms with Crippen molar-refractivity contribution in [3.05, 3.63) is 65.7 Å². The second kappa shape index (κ2) is 8.57. The Morgan fingerprint density at radius 2 is 1.81 bits per heavy atom. The third-order valence-electron chi connectivity index (χ3n) is 4.81. The van der Waals surface area contributed by atoms with E-state index < -0.39 is 0 Å². The van der Waals surface area contributed by atoms with Crippen LogP contribution in [0.15, 0.2) is 54.6 Å². The van der Waals surface area contributed by atoms with Crippen molar-refractivity contribution < 1.29 is 9.53 Å². The van der Waals surface area contributed by atoms with Crippen LogP contribution in [0.3, 0.4) is 0 Å². The Morgan fingerprint density at radius 1 is 1.11 bits per heavy atom. The second-order valence-corrected chi connectivity index (χ2v) is 8.21. The molecule has 3 rings (SSSR count). The molecule has 1 aliphatic rings. The molecular weight excluding hydrogens is 336 g/mol. The summed E-state index contributed by atoms with van der Waals surface area (Å²) in [7, 11) is 0. The third kappa shape index (κ3) is 5.83. The van der Waals surface area contributed by atoms with Gasteiger partial charge in [-0.3, -0.25) is 9.69 Å². The number of hydrogen-bond donors (Lipinski definition) is 1. The van der Waals surface area contributed by atoms with Crippen molar-refractivity contribution in [2.24, 2.45) is 5.41 Å². The lowest BCUT2D eigenvalue weighted by molar-refractivity contribution is -0.121. The quantitative estimate of drug-likeness (QED) is 0.775. The molecule has 0 bridgehead atoms. The van der Waals surface area contributed by atoms with Gasteiger partial charge < -0.3 is 10.1 Å². The molecule has 144 valence electrons. The van der Waals surface area contributed by atoms with E-state index in [1.54, 1.807) is 0 Å². The van der Waals surface area contributed by atoms with E-state index in [0.29, 0.717) is 6.42 Å². The maximum Gasteiger partial charge on any atom is 0.224 e. The lowest BCUT2D eigenvalue weighted by Crippen LogP contribution is -2.58. The summed E-state index contributed by atoms with van der Waals surface area (Å²) >= 11 is 0. The zero-order chi connectivity index (χ0) is 19.3. The van der Waals surface area contributed by atoms with E-state index in [-0.39, 0.29) is 17.4 Å². The largest absolute Gasteiger partial charge is 0.491 e. The van der Waals surface area contributed by atoms with Crippen molar-refractivity contribution in [3.63, 3.8) is 0 Å². The second-order valence-electron chi connectivity index (χ2n) is 8.21. The molecule has 0 spiro atoms. The highest BCUT2D eigenvalue weighted by Gasteiger charge is 2.38. The van der Waals surface area contributed by atoms with Crippen LogP contribution in [-0.2, 0) is 17.8 Å². The minimum absolute atomic E-state index is 0.0689. The standard InChI is InChI=1S/C23H30N2O2/c1-18(2)27-21-11-7-10-20(12-21)13-22(26)24-15-23(3)16-25(17-23)14-19-8-5-4-6-9-19/h4-12,18H,13-17H2,1-3H3,(H,24,26). The number of amides is 1. The van der Waals surface area contributed by atoms with E-state index in [4.69, 9.17) is 4.74 Å². The lowest BCUT2D eigenvalue weighted by atomic mass is 9.81. The molecule has 27 heavy (non-hydrogen) atoms. The fourth-order valence-corrected chi connectivity index (χ4v) is 3.66. The van der Waals surface area contributed by atoms with Crippen LogP contribution in [0.5, 0.6) is 5.75 Å². The van der Waals surface area contributed by atoms with Crippen molar-refractivity contribution in [1.82, 2.24) is 10.2 Å². The molecule has 2 aromatic carbocycles. The smallest absolute Gasteiger partial charge is 0.224 e. The number of nitrogens with zero attached hydrogens (tertiary/aromatic N) is 1. The normalized spacial score (nSPS) is 16.0. The topological polar surface area (TPSA) is 41.6 Å². The SMILES string of the molecule is CC(C)Oc1cccc(CC(=O)NCC2(C)CN(Cc3ccccc3)C2)c1. The van der Waals surface area contributed by atoms with Gasteiger partial charge in [0.1, 0.15) is 5.75 Å². The summed E-state index contributed by atoms with van der Waals surface area (Å²) in [5.74, 6) is 0.886. The van der Waals surface area contributed by atoms with Gasteiger partial charge in [0.15, 0.2) is 0 Å². The van der Waals surface area contributed by atoms with Crippen LogP contribution in [0.1, 0.15) is 31.9 Å². The minimum atomic E-state index is 0.0689.